The van der Waals surface area contributed by atoms with Crippen LogP contribution in [0.15, 0.2) is 36.0 Å². The highest BCUT2D eigenvalue weighted by molar-refractivity contribution is 5.80. The van der Waals surface area contributed by atoms with E-state index in [0.29, 0.717) is 12.0 Å². The Morgan fingerprint density at radius 2 is 1.58 bits per heavy atom. The van der Waals surface area contributed by atoms with Crippen molar-refractivity contribution in [2.24, 2.45) is 5.73 Å². The van der Waals surface area contributed by atoms with Gasteiger partial charge in [0.15, 0.2) is 0 Å². The van der Waals surface area contributed by atoms with Gasteiger partial charge in [0.25, 0.3) is 0 Å². The molecule has 0 unspecified atom stereocenters. The van der Waals surface area contributed by atoms with Gasteiger partial charge in [0.1, 0.15) is 5.78 Å². The first-order valence-corrected chi connectivity index (χ1v) is 6.74. The van der Waals surface area contributed by atoms with Gasteiger partial charge >= 0.3 is 0 Å². The van der Waals surface area contributed by atoms with Crippen molar-refractivity contribution >= 4 is 11.7 Å². The number of nitrogens with two attached hydrogens (primary N) is 1. The molecule has 0 aromatic heterocycles. The van der Waals surface area contributed by atoms with Crippen LogP contribution in [0.25, 0.3) is 0 Å². The molecule has 110 valence electrons. The highest BCUT2D eigenvalue weighted by Gasteiger charge is 2.01. The molecular formula is C16H29NO2. The van der Waals surface area contributed by atoms with E-state index in [2.05, 4.69) is 6.58 Å². The molecule has 0 aliphatic heterocycles. The fourth-order valence-corrected chi connectivity index (χ4v) is 1.20. The minimum atomic E-state index is -0.418. The largest absolute Gasteiger partial charge is 0.369 e. The SMILES string of the molecule is C=C(/C=C(\C=C/C)CC(C)=O)CC(N)=O.CC.CC. The number of amides is 1. The van der Waals surface area contributed by atoms with Crippen LogP contribution in [0.3, 0.4) is 0 Å². The topological polar surface area (TPSA) is 60.2 Å². The van der Waals surface area contributed by atoms with Crippen LogP contribution in [0.2, 0.25) is 0 Å². The van der Waals surface area contributed by atoms with Gasteiger partial charge in [-0.3, -0.25) is 9.59 Å². The van der Waals surface area contributed by atoms with Crippen molar-refractivity contribution in [1.29, 1.82) is 0 Å². The molecule has 0 fully saturated rings. The van der Waals surface area contributed by atoms with Crippen molar-refractivity contribution in [1.82, 2.24) is 0 Å². The molecule has 0 aliphatic rings. The van der Waals surface area contributed by atoms with Crippen LogP contribution < -0.4 is 5.73 Å². The summed E-state index contributed by atoms with van der Waals surface area (Å²) >= 11 is 0. The first-order valence-electron chi connectivity index (χ1n) is 6.74. The third-order valence-electron chi connectivity index (χ3n) is 1.62. The van der Waals surface area contributed by atoms with Gasteiger partial charge in [0.05, 0.1) is 6.42 Å². The summed E-state index contributed by atoms with van der Waals surface area (Å²) in [6.07, 6.45) is 5.87. The number of hydrogen-bond donors (Lipinski definition) is 1. The summed E-state index contributed by atoms with van der Waals surface area (Å²) in [7, 11) is 0. The summed E-state index contributed by atoms with van der Waals surface area (Å²) in [5.41, 5.74) is 6.50. The molecule has 2 N–H and O–H groups in total. The van der Waals surface area contributed by atoms with E-state index in [9.17, 15) is 9.59 Å². The lowest BCUT2D eigenvalue weighted by atomic mass is 10.0. The Bertz CT molecular complexity index is 326. The average molecular weight is 267 g/mol. The predicted octanol–water partition coefficient (Wildman–Crippen LogP) is 3.95. The molecule has 3 nitrogen and oxygen atoms in total. The molecule has 3 heteroatoms. The lowest BCUT2D eigenvalue weighted by Gasteiger charge is -2.01. The standard InChI is InChI=1S/C12H17NO2.2C2H6/c1-4-5-11(8-10(3)14)6-9(2)7-12(13)15;2*1-2/h4-6H,2,7-8H2,1,3H3,(H2,13,15);2*1-2H3/b5-4-,11-6+;;. The van der Waals surface area contributed by atoms with E-state index < -0.39 is 5.91 Å². The minimum Gasteiger partial charge on any atom is -0.369 e. The number of rotatable bonds is 6. The molecule has 0 bridgehead atoms. The van der Waals surface area contributed by atoms with Crippen LogP contribution >= 0.6 is 0 Å². The molecular weight excluding hydrogens is 238 g/mol. The Morgan fingerprint density at radius 1 is 1.11 bits per heavy atom. The predicted molar refractivity (Wildman–Crippen MR) is 83.8 cm³/mol. The fraction of sp³-hybridized carbons (Fsp3) is 0.500. The summed E-state index contributed by atoms with van der Waals surface area (Å²) in [6.45, 7) is 15.1. The quantitative estimate of drug-likeness (QED) is 0.741. The monoisotopic (exact) mass is 267 g/mol. The molecule has 19 heavy (non-hydrogen) atoms. The average Bonchev–Trinajstić information content (AvgIpc) is 2.32. The molecule has 0 saturated carbocycles. The molecule has 0 aromatic carbocycles. The maximum Gasteiger partial charge on any atom is 0.221 e. The van der Waals surface area contributed by atoms with Gasteiger partial charge in [-0.2, -0.15) is 0 Å². The third kappa shape index (κ3) is 18.9. The van der Waals surface area contributed by atoms with Gasteiger partial charge in [-0.15, -0.1) is 0 Å². The molecule has 0 radical (unpaired) electrons. The van der Waals surface area contributed by atoms with Crippen molar-refractivity contribution in [2.45, 2.75) is 54.4 Å². The number of primary amides is 1. The molecule has 0 rings (SSSR count). The molecule has 0 saturated heterocycles. The van der Waals surface area contributed by atoms with Gasteiger partial charge < -0.3 is 5.73 Å². The lowest BCUT2D eigenvalue weighted by molar-refractivity contribution is -0.117. The fourth-order valence-electron chi connectivity index (χ4n) is 1.20. The maximum atomic E-state index is 10.9. The van der Waals surface area contributed by atoms with Crippen LogP contribution in [-0.4, -0.2) is 11.7 Å². The van der Waals surface area contributed by atoms with Crippen molar-refractivity contribution in [3.05, 3.63) is 36.0 Å². The Kier molecular flexibility index (Phi) is 19.4. The highest BCUT2D eigenvalue weighted by atomic mass is 16.1. The van der Waals surface area contributed by atoms with Crippen molar-refractivity contribution in [3.63, 3.8) is 0 Å². The molecule has 0 spiro atoms. The van der Waals surface area contributed by atoms with E-state index in [-0.39, 0.29) is 12.2 Å². The van der Waals surface area contributed by atoms with Crippen LogP contribution in [0, 0.1) is 0 Å². The molecule has 0 aromatic rings. The van der Waals surface area contributed by atoms with Crippen molar-refractivity contribution < 1.29 is 9.59 Å². The van der Waals surface area contributed by atoms with Gasteiger partial charge in [-0.25, -0.2) is 0 Å². The molecule has 0 aliphatic carbocycles. The van der Waals surface area contributed by atoms with E-state index >= 15 is 0 Å². The summed E-state index contributed by atoms with van der Waals surface area (Å²) < 4.78 is 0. The second-order valence-electron chi connectivity index (χ2n) is 3.40. The third-order valence-corrected chi connectivity index (χ3v) is 1.62. The van der Waals surface area contributed by atoms with Crippen LogP contribution in [0.4, 0.5) is 0 Å². The summed E-state index contributed by atoms with van der Waals surface area (Å²) in [4.78, 5) is 21.6. The lowest BCUT2D eigenvalue weighted by Crippen LogP contribution is -2.10. The zero-order valence-corrected chi connectivity index (χ0v) is 13.2. The Labute approximate surface area is 118 Å². The molecule has 1 amide bonds. The summed E-state index contributed by atoms with van der Waals surface area (Å²) in [5, 5.41) is 0. The minimum absolute atomic E-state index is 0.0752. The number of ketones is 1. The van der Waals surface area contributed by atoms with E-state index in [4.69, 9.17) is 5.73 Å². The smallest absolute Gasteiger partial charge is 0.221 e. The molecule has 0 heterocycles. The zero-order chi connectivity index (χ0) is 15.8. The second kappa shape index (κ2) is 16.4. The highest BCUT2D eigenvalue weighted by Crippen LogP contribution is 2.10. The van der Waals surface area contributed by atoms with Crippen LogP contribution in [0.1, 0.15) is 54.4 Å². The zero-order valence-electron chi connectivity index (χ0n) is 13.2. The number of carbonyl (C=O) groups is 2. The van der Waals surface area contributed by atoms with Gasteiger partial charge in [0.2, 0.25) is 5.91 Å². The van der Waals surface area contributed by atoms with Crippen LogP contribution in [-0.2, 0) is 9.59 Å². The first kappa shape index (κ1) is 22.5. The van der Waals surface area contributed by atoms with Gasteiger partial charge in [-0.05, 0) is 25.0 Å². The number of allylic oxidation sites excluding steroid dienone is 4. The second-order valence-corrected chi connectivity index (χ2v) is 3.40. The van der Waals surface area contributed by atoms with E-state index in [1.165, 1.54) is 6.92 Å². The summed E-state index contributed by atoms with van der Waals surface area (Å²) in [6, 6.07) is 0. The number of carbonyl (C=O) groups excluding carboxylic acids is 2. The van der Waals surface area contributed by atoms with Crippen molar-refractivity contribution in [3.8, 4) is 0 Å². The van der Waals surface area contributed by atoms with Gasteiger partial charge in [-0.1, -0.05) is 52.5 Å². The Balaban J connectivity index is -0.000000579. The summed E-state index contributed by atoms with van der Waals surface area (Å²) in [5.74, 6) is -0.342. The first-order chi connectivity index (χ1) is 8.95. The van der Waals surface area contributed by atoms with E-state index in [1.807, 2.05) is 46.8 Å². The molecule has 0 atom stereocenters. The normalized spacial score (nSPS) is 9.89. The van der Waals surface area contributed by atoms with Crippen molar-refractivity contribution in [2.75, 3.05) is 0 Å². The van der Waals surface area contributed by atoms with E-state index in [0.717, 1.165) is 5.57 Å². The maximum absolute atomic E-state index is 10.9. The Hall–Kier alpha value is -1.64. The Morgan fingerprint density at radius 3 is 1.89 bits per heavy atom. The number of Topliss-reactive ketones (excluding diaryl/α,β-unsaturated/α-hetero) is 1. The van der Waals surface area contributed by atoms with Gasteiger partial charge in [0, 0.05) is 6.42 Å². The number of hydrogen-bond acceptors (Lipinski definition) is 2. The van der Waals surface area contributed by atoms with Crippen LogP contribution in [0.5, 0.6) is 0 Å². The van der Waals surface area contributed by atoms with E-state index in [1.54, 1.807) is 6.08 Å².